The first-order valence-corrected chi connectivity index (χ1v) is 9.57. The molecule has 7 heteroatoms. The van der Waals surface area contributed by atoms with Crippen molar-refractivity contribution in [3.63, 3.8) is 0 Å². The lowest BCUT2D eigenvalue weighted by atomic mass is 10.1. The third-order valence-corrected chi connectivity index (χ3v) is 5.46. The zero-order valence-electron chi connectivity index (χ0n) is 14.1. The molecule has 0 saturated carbocycles. The van der Waals surface area contributed by atoms with E-state index in [1.54, 1.807) is 47.8 Å². The Hall–Kier alpha value is -3.22. The standard InChI is InChI=1S/C21H10ClNO4S/c22-13-5-6-18-12(7-13)9-15(21(25)27-18)19-23-16(10-28-19)14-8-11-3-1-2-4-17(11)26-20(14)24/h1-10H. The van der Waals surface area contributed by atoms with Gasteiger partial charge >= 0.3 is 11.3 Å². The summed E-state index contributed by atoms with van der Waals surface area (Å²) in [6, 6.07) is 15.7. The van der Waals surface area contributed by atoms with Gasteiger partial charge in [-0.1, -0.05) is 29.8 Å². The summed E-state index contributed by atoms with van der Waals surface area (Å²) in [4.78, 5) is 29.2. The Kier molecular flexibility index (Phi) is 3.89. The maximum absolute atomic E-state index is 12.4. The second-order valence-electron chi connectivity index (χ2n) is 6.15. The van der Waals surface area contributed by atoms with Gasteiger partial charge in [0.2, 0.25) is 0 Å². The van der Waals surface area contributed by atoms with Crippen LogP contribution in [0.3, 0.4) is 0 Å². The molecule has 0 aliphatic heterocycles. The molecular formula is C21H10ClNO4S. The summed E-state index contributed by atoms with van der Waals surface area (Å²) in [6.45, 7) is 0. The van der Waals surface area contributed by atoms with E-state index in [9.17, 15) is 9.59 Å². The fourth-order valence-corrected chi connectivity index (χ4v) is 4.01. The maximum Gasteiger partial charge on any atom is 0.346 e. The van der Waals surface area contributed by atoms with Gasteiger partial charge in [0.1, 0.15) is 16.2 Å². The van der Waals surface area contributed by atoms with E-state index >= 15 is 0 Å². The summed E-state index contributed by atoms with van der Waals surface area (Å²) in [7, 11) is 0. The van der Waals surface area contributed by atoms with Crippen LogP contribution in [0.2, 0.25) is 5.02 Å². The molecule has 0 fully saturated rings. The maximum atomic E-state index is 12.4. The van der Waals surface area contributed by atoms with Crippen LogP contribution in [0, 0.1) is 0 Å². The summed E-state index contributed by atoms with van der Waals surface area (Å²) in [5, 5.41) is 4.22. The van der Waals surface area contributed by atoms with Crippen LogP contribution in [0.4, 0.5) is 0 Å². The van der Waals surface area contributed by atoms with Crippen molar-refractivity contribution >= 4 is 44.9 Å². The third-order valence-electron chi connectivity index (χ3n) is 4.35. The molecule has 0 N–H and O–H groups in total. The highest BCUT2D eigenvalue weighted by Crippen LogP contribution is 2.29. The van der Waals surface area contributed by atoms with Crippen molar-refractivity contribution in [3.8, 4) is 21.8 Å². The number of benzene rings is 2. The molecular weight excluding hydrogens is 398 g/mol. The molecule has 0 aliphatic rings. The number of thiazole rings is 1. The summed E-state index contributed by atoms with van der Waals surface area (Å²) < 4.78 is 10.7. The van der Waals surface area contributed by atoms with Gasteiger partial charge in [-0.2, -0.15) is 0 Å². The molecule has 0 spiro atoms. The van der Waals surface area contributed by atoms with Crippen molar-refractivity contribution in [2.45, 2.75) is 0 Å². The first-order valence-electron chi connectivity index (χ1n) is 8.31. The van der Waals surface area contributed by atoms with E-state index in [1.807, 2.05) is 12.1 Å². The van der Waals surface area contributed by atoms with Crippen LogP contribution in [-0.2, 0) is 0 Å². The molecule has 0 atom stereocenters. The van der Waals surface area contributed by atoms with Gasteiger partial charge in [-0.3, -0.25) is 0 Å². The Morgan fingerprint density at radius 2 is 1.54 bits per heavy atom. The molecule has 136 valence electrons. The Bertz CT molecular complexity index is 1480. The minimum atomic E-state index is -0.499. The SMILES string of the molecule is O=c1oc2ccccc2cc1-c1csc(-c2cc3cc(Cl)ccc3oc2=O)n1. The molecule has 0 saturated heterocycles. The minimum absolute atomic E-state index is 0.316. The van der Waals surface area contributed by atoms with Crippen molar-refractivity contribution in [1.82, 2.24) is 4.98 Å². The monoisotopic (exact) mass is 407 g/mol. The summed E-state index contributed by atoms with van der Waals surface area (Å²) >= 11 is 7.28. The first kappa shape index (κ1) is 16.9. The van der Waals surface area contributed by atoms with Crippen molar-refractivity contribution < 1.29 is 8.83 Å². The number of para-hydroxylation sites is 1. The molecule has 3 aromatic heterocycles. The predicted octanol–water partition coefficient (Wildman–Crippen LogP) is 5.34. The van der Waals surface area contributed by atoms with Crippen LogP contribution in [-0.4, -0.2) is 4.98 Å². The fourth-order valence-electron chi connectivity index (χ4n) is 3.01. The lowest BCUT2D eigenvalue weighted by Crippen LogP contribution is -2.04. The lowest BCUT2D eigenvalue weighted by molar-refractivity contribution is 0.563. The Balaban J connectivity index is 1.65. The van der Waals surface area contributed by atoms with Gasteiger partial charge in [0.15, 0.2) is 0 Å². The number of hydrogen-bond acceptors (Lipinski definition) is 6. The highest BCUT2D eigenvalue weighted by molar-refractivity contribution is 7.13. The van der Waals surface area contributed by atoms with Gasteiger partial charge < -0.3 is 8.83 Å². The third kappa shape index (κ3) is 2.83. The molecule has 2 aromatic carbocycles. The highest BCUT2D eigenvalue weighted by atomic mass is 35.5. The van der Waals surface area contributed by atoms with Crippen molar-refractivity contribution in [2.24, 2.45) is 0 Å². The Morgan fingerprint density at radius 3 is 2.39 bits per heavy atom. The number of halogens is 1. The van der Waals surface area contributed by atoms with Crippen LogP contribution in [0.5, 0.6) is 0 Å². The number of hydrogen-bond donors (Lipinski definition) is 0. The number of aromatic nitrogens is 1. The quantitative estimate of drug-likeness (QED) is 0.369. The molecule has 3 heterocycles. The van der Waals surface area contributed by atoms with Crippen LogP contribution in [0.25, 0.3) is 43.8 Å². The zero-order chi connectivity index (χ0) is 19.3. The van der Waals surface area contributed by atoms with E-state index in [2.05, 4.69) is 4.98 Å². The van der Waals surface area contributed by atoms with E-state index < -0.39 is 11.3 Å². The topological polar surface area (TPSA) is 73.3 Å². The first-order chi connectivity index (χ1) is 13.6. The summed E-state index contributed by atoms with van der Waals surface area (Å²) in [5.74, 6) is 0. The zero-order valence-corrected chi connectivity index (χ0v) is 15.7. The fraction of sp³-hybridized carbons (Fsp3) is 0. The van der Waals surface area contributed by atoms with Gasteiger partial charge in [0.05, 0.1) is 16.8 Å². The average molecular weight is 408 g/mol. The van der Waals surface area contributed by atoms with Crippen LogP contribution in [0.15, 0.2) is 78.4 Å². The smallest absolute Gasteiger partial charge is 0.346 e. The van der Waals surface area contributed by atoms with Crippen molar-refractivity contribution in [1.29, 1.82) is 0 Å². The van der Waals surface area contributed by atoms with Gasteiger partial charge in [-0.15, -0.1) is 11.3 Å². The van der Waals surface area contributed by atoms with Crippen LogP contribution >= 0.6 is 22.9 Å². The van der Waals surface area contributed by atoms with Crippen LogP contribution < -0.4 is 11.3 Å². The lowest BCUT2D eigenvalue weighted by Gasteiger charge is -2.01. The van der Waals surface area contributed by atoms with E-state index in [1.165, 1.54) is 11.3 Å². The van der Waals surface area contributed by atoms with Crippen molar-refractivity contribution in [2.75, 3.05) is 0 Å². The van der Waals surface area contributed by atoms with E-state index in [-0.39, 0.29) is 0 Å². The molecule has 5 aromatic rings. The number of fused-ring (bicyclic) bond motifs is 2. The molecule has 28 heavy (non-hydrogen) atoms. The summed E-state index contributed by atoms with van der Waals surface area (Å²) in [5.41, 5.74) is 1.09. The van der Waals surface area contributed by atoms with Gasteiger partial charge in [-0.25, -0.2) is 14.6 Å². The minimum Gasteiger partial charge on any atom is -0.422 e. The molecule has 5 rings (SSSR count). The van der Waals surface area contributed by atoms with E-state index in [0.717, 1.165) is 5.39 Å². The van der Waals surface area contributed by atoms with E-state index in [4.69, 9.17) is 20.4 Å². The molecule has 0 unspecified atom stereocenters. The van der Waals surface area contributed by atoms with E-state index in [0.29, 0.717) is 43.4 Å². The van der Waals surface area contributed by atoms with Gasteiger partial charge in [-0.05, 0) is 36.4 Å². The molecule has 5 nitrogen and oxygen atoms in total. The Labute approximate surface area is 166 Å². The average Bonchev–Trinajstić information content (AvgIpc) is 3.17. The molecule has 0 radical (unpaired) electrons. The molecule has 0 bridgehead atoms. The Morgan fingerprint density at radius 1 is 0.821 bits per heavy atom. The molecule has 0 aliphatic carbocycles. The second-order valence-corrected chi connectivity index (χ2v) is 7.45. The highest BCUT2D eigenvalue weighted by Gasteiger charge is 2.15. The predicted molar refractivity (Wildman–Crippen MR) is 110 cm³/mol. The van der Waals surface area contributed by atoms with Crippen molar-refractivity contribution in [3.05, 3.63) is 85.8 Å². The van der Waals surface area contributed by atoms with Gasteiger partial charge in [0, 0.05) is 21.2 Å². The van der Waals surface area contributed by atoms with Gasteiger partial charge in [0.25, 0.3) is 0 Å². The largest absolute Gasteiger partial charge is 0.422 e. The number of nitrogens with zero attached hydrogens (tertiary/aromatic N) is 1. The summed E-state index contributed by atoms with van der Waals surface area (Å²) in [6.07, 6.45) is 0. The number of rotatable bonds is 2. The van der Waals surface area contributed by atoms with Crippen LogP contribution in [0.1, 0.15) is 0 Å². The normalized spacial score (nSPS) is 11.3. The molecule has 0 amide bonds. The second kappa shape index (κ2) is 6.44.